The number of hydrogen-bond donors (Lipinski definition) is 14. The molecule has 1 heterocycles. The molecule has 45 heteroatoms. The average molecular weight is 2110 g/mol. The highest BCUT2D eigenvalue weighted by Gasteiger charge is 2.34. The minimum absolute atomic E-state index is 0.00230. The molecule has 5 atom stereocenters. The highest BCUT2D eigenvalue weighted by Crippen LogP contribution is 2.28. The first-order valence-electron chi connectivity index (χ1n) is 53.2. The van der Waals surface area contributed by atoms with Gasteiger partial charge in [-0.15, -0.1) is 0 Å². The Morgan fingerprint density at radius 1 is 0.318 bits per heavy atom. The van der Waals surface area contributed by atoms with Crippen LogP contribution in [0, 0.1) is 11.3 Å². The Hall–Kier alpha value is -9.65. The highest BCUT2D eigenvalue weighted by atomic mass is 16.6. The standard InChI is InChI=1S/C103H177N11O34/c1-79(115)86(35-25-27-47-107-95(125)74-145-65-58-138-52-29-33-84(118)73-144-64-61-141-55-49-109-96(126)76-146-66-57-137-51-28-32-82(116)41-42-87(101(133)134)112-92(122)36-20-16-12-8-4-6-10-14-18-22-38-98(128)129)114-100(132)80(40-44-90(120)103(2,3)70-89(119)85(104)69-81-71-105-78-111-81)31-24-26-46-106-94(124)75-148-68-62-142-56-50-110-97(127)77-147-67-59-139-53-30-34-83(117)72-143-63-60-140-54-48-108-91(121)45-43-88(102(135)136)113-93(123)37-21-17-13-9-5-7-11-15-19-23-39-99(130)131/h71,78,80,85-88H,4-70,72-77,104H2,1-3H3,(H,105,111)(H,106,124)(H,107,125)(H,108,121)(H,109,126)(H,110,127)(H,112,122)(H,113,123)(H,114,132)(H,128,129)(H,130,131)(H,133,134)(H,135,136)/t80-,85+,86+,87+,88+/m1/s1. The summed E-state index contributed by atoms with van der Waals surface area (Å²) in [5.74, 6) is -8.88. The van der Waals surface area contributed by atoms with Gasteiger partial charge in [-0.25, -0.2) is 14.6 Å². The van der Waals surface area contributed by atoms with Gasteiger partial charge in [0.1, 0.15) is 63.3 Å². The fourth-order valence-corrected chi connectivity index (χ4v) is 15.0. The number of nitrogens with one attached hydrogen (secondary N) is 9. The fraction of sp³-hybridized carbons (Fsp3) is 0.796. The van der Waals surface area contributed by atoms with Crippen LogP contribution >= 0.6 is 0 Å². The number of rotatable bonds is 109. The summed E-state index contributed by atoms with van der Waals surface area (Å²) in [6.45, 7) is 7.99. The van der Waals surface area contributed by atoms with Crippen LogP contribution in [0.15, 0.2) is 12.5 Å². The minimum Gasteiger partial charge on any atom is -0.481 e. The molecule has 0 aliphatic heterocycles. The molecule has 45 nitrogen and oxygen atoms in total. The van der Waals surface area contributed by atoms with Crippen molar-refractivity contribution in [2.24, 2.45) is 17.1 Å². The Bertz CT molecular complexity index is 3830. The van der Waals surface area contributed by atoms with Crippen molar-refractivity contribution in [3.05, 3.63) is 18.2 Å². The second-order valence-electron chi connectivity index (χ2n) is 37.3. The summed E-state index contributed by atoms with van der Waals surface area (Å²) in [4.78, 5) is 229. The normalized spacial score (nSPS) is 12.4. The number of aromatic nitrogens is 2. The predicted molar refractivity (Wildman–Crippen MR) is 543 cm³/mol. The number of carbonyl (C=O) groups is 18. The van der Waals surface area contributed by atoms with E-state index in [0.29, 0.717) is 82.7 Å². The van der Waals surface area contributed by atoms with Crippen molar-refractivity contribution < 1.29 is 164 Å². The Balaban J connectivity index is 2.23. The number of hydrogen-bond acceptors (Lipinski definition) is 32. The number of carbonyl (C=O) groups excluding carboxylic acids is 14. The zero-order valence-electron chi connectivity index (χ0n) is 88.2. The molecule has 0 fully saturated rings. The lowest BCUT2D eigenvalue weighted by molar-refractivity contribution is -0.142. The molecule has 0 aliphatic rings. The number of aromatic amines is 1. The predicted octanol–water partition coefficient (Wildman–Crippen LogP) is 6.70. The van der Waals surface area contributed by atoms with Crippen LogP contribution in [0.1, 0.15) is 303 Å². The monoisotopic (exact) mass is 2110 g/mol. The van der Waals surface area contributed by atoms with Gasteiger partial charge >= 0.3 is 23.9 Å². The number of imidazole rings is 1. The van der Waals surface area contributed by atoms with E-state index < -0.39 is 65.3 Å². The van der Waals surface area contributed by atoms with E-state index in [0.717, 1.165) is 103 Å². The van der Waals surface area contributed by atoms with Crippen LogP contribution in [-0.4, -0.2) is 352 Å². The van der Waals surface area contributed by atoms with Crippen molar-refractivity contribution in [2.75, 3.05) is 191 Å². The molecule has 15 N–H and O–H groups in total. The van der Waals surface area contributed by atoms with Crippen molar-refractivity contribution in [3.8, 4) is 0 Å². The first-order valence-corrected chi connectivity index (χ1v) is 53.2. The van der Waals surface area contributed by atoms with Crippen LogP contribution in [0.25, 0.3) is 0 Å². The summed E-state index contributed by atoms with van der Waals surface area (Å²) in [7, 11) is 0. The van der Waals surface area contributed by atoms with Crippen LogP contribution in [0.3, 0.4) is 0 Å². The summed E-state index contributed by atoms with van der Waals surface area (Å²) in [5, 5.41) is 58.1. The fourth-order valence-electron chi connectivity index (χ4n) is 15.0. The lowest BCUT2D eigenvalue weighted by atomic mass is 9.78. The Morgan fingerprint density at radius 2 is 0.655 bits per heavy atom. The minimum atomic E-state index is -1.22. The number of ether oxygens (including phenoxy) is 12. The Kier molecular flexibility index (Phi) is 86.0. The number of aliphatic carboxylic acids is 4. The Labute approximate surface area is 872 Å². The summed E-state index contributed by atoms with van der Waals surface area (Å²) >= 11 is 0. The second-order valence-corrected chi connectivity index (χ2v) is 37.3. The third kappa shape index (κ3) is 85.1. The third-order valence-electron chi connectivity index (χ3n) is 23.6. The number of carboxylic acid groups (broad SMARTS) is 4. The molecule has 0 radical (unpaired) electrons. The maximum atomic E-state index is 14.0. The topological polar surface area (TPSA) is 650 Å². The van der Waals surface area contributed by atoms with Gasteiger partial charge in [0.2, 0.25) is 47.3 Å². The van der Waals surface area contributed by atoms with E-state index in [1.165, 1.54) is 13.3 Å². The van der Waals surface area contributed by atoms with E-state index in [4.69, 9.17) is 72.8 Å². The summed E-state index contributed by atoms with van der Waals surface area (Å²) in [6.07, 6.45) is 27.1. The van der Waals surface area contributed by atoms with Gasteiger partial charge in [0.15, 0.2) is 23.1 Å². The van der Waals surface area contributed by atoms with Crippen molar-refractivity contribution in [3.63, 3.8) is 0 Å². The van der Waals surface area contributed by atoms with Gasteiger partial charge in [0.05, 0.1) is 118 Å². The van der Waals surface area contributed by atoms with Crippen LogP contribution in [0.5, 0.6) is 0 Å². The molecule has 0 spiro atoms. The molecule has 148 heavy (non-hydrogen) atoms. The van der Waals surface area contributed by atoms with Crippen molar-refractivity contribution in [1.82, 2.24) is 52.5 Å². The van der Waals surface area contributed by atoms with Crippen molar-refractivity contribution >= 4 is 106 Å². The van der Waals surface area contributed by atoms with E-state index in [1.807, 2.05) is 0 Å². The van der Waals surface area contributed by atoms with E-state index in [9.17, 15) is 96.5 Å². The highest BCUT2D eigenvalue weighted by molar-refractivity contribution is 5.94. The van der Waals surface area contributed by atoms with Crippen LogP contribution in [0.4, 0.5) is 0 Å². The maximum absolute atomic E-state index is 14.0. The SMILES string of the molecule is CC(=O)[C@H](CCCCNC(=O)COCCOCCCC(=O)COCCOCCNC(=O)COCCOCCCC(=O)CC[C@H](NC(=O)CCCCCCCCCCCCC(=O)O)C(=O)O)NC(=O)[C@H](CCCCNC(=O)COCCOCCNC(=O)COCCOCCCC(=O)COCCOCCNC(=O)CC[C@H](NC(=O)CCCCCCCCCCCCC(=O)O)C(=O)O)CCC(=O)C(C)(C)CC(=O)[C@@H](N)Cc1cnc[nH]1. The first-order chi connectivity index (χ1) is 71.3. The van der Waals surface area contributed by atoms with Gasteiger partial charge in [0, 0.05) is 153 Å². The first kappa shape index (κ1) is 136. The number of H-pyrrole nitrogens is 1. The van der Waals surface area contributed by atoms with Crippen molar-refractivity contribution in [2.45, 2.75) is 327 Å². The van der Waals surface area contributed by atoms with Crippen LogP contribution < -0.4 is 48.3 Å². The molecule has 0 aliphatic carbocycles. The molecule has 1 rings (SSSR count). The lowest BCUT2D eigenvalue weighted by Crippen LogP contribution is -2.43. The van der Waals surface area contributed by atoms with E-state index in [1.54, 1.807) is 20.0 Å². The molecule has 0 aromatic carbocycles. The van der Waals surface area contributed by atoms with Gasteiger partial charge < -0.3 is 131 Å². The molecule has 1 aromatic heterocycles. The van der Waals surface area contributed by atoms with Gasteiger partial charge in [0.25, 0.3) is 0 Å². The van der Waals surface area contributed by atoms with Crippen molar-refractivity contribution in [1.29, 1.82) is 0 Å². The molecular formula is C103H177N11O34. The number of nitrogens with zero attached hydrogens (tertiary/aromatic N) is 1. The van der Waals surface area contributed by atoms with Gasteiger partial charge in [-0.3, -0.25) is 76.7 Å². The molecule has 0 unspecified atom stereocenters. The van der Waals surface area contributed by atoms with Gasteiger partial charge in [-0.1, -0.05) is 123 Å². The third-order valence-corrected chi connectivity index (χ3v) is 23.6. The quantitative estimate of drug-likeness (QED) is 0.0301. The van der Waals surface area contributed by atoms with E-state index in [2.05, 4.69) is 52.5 Å². The number of ketones is 6. The molecule has 848 valence electrons. The van der Waals surface area contributed by atoms with Gasteiger partial charge in [-0.2, -0.15) is 0 Å². The van der Waals surface area contributed by atoms with Gasteiger partial charge in [-0.05, 0) is 103 Å². The van der Waals surface area contributed by atoms with Crippen LogP contribution in [-0.2, 0) is 150 Å². The lowest BCUT2D eigenvalue weighted by Gasteiger charge is -2.26. The molecule has 0 bridgehead atoms. The molecule has 0 saturated carbocycles. The number of Topliss-reactive ketones (excluding diaryl/α,β-unsaturated/α-hetero) is 6. The smallest absolute Gasteiger partial charge is 0.326 e. The zero-order chi connectivity index (χ0) is 109. The Morgan fingerprint density at radius 3 is 1.03 bits per heavy atom. The number of amides is 8. The summed E-state index contributed by atoms with van der Waals surface area (Å²) < 4.78 is 65.3. The number of nitrogens with two attached hydrogens (primary N) is 1. The number of carboxylic acids is 4. The molecule has 0 saturated heterocycles. The van der Waals surface area contributed by atoms with Crippen LogP contribution in [0.2, 0.25) is 0 Å². The largest absolute Gasteiger partial charge is 0.481 e. The van der Waals surface area contributed by atoms with E-state index in [-0.39, 0.29) is 370 Å². The van der Waals surface area contributed by atoms with E-state index >= 15 is 0 Å². The average Bonchev–Trinajstić information content (AvgIpc) is 0.975. The molecule has 1 aromatic rings. The number of unbranched alkanes of at least 4 members (excludes halogenated alkanes) is 20. The summed E-state index contributed by atoms with van der Waals surface area (Å²) in [6, 6.07) is -4.06. The molecule has 8 amide bonds. The maximum Gasteiger partial charge on any atom is 0.326 e. The summed E-state index contributed by atoms with van der Waals surface area (Å²) in [5.41, 5.74) is 5.79. The second kappa shape index (κ2) is 93.4. The zero-order valence-corrected chi connectivity index (χ0v) is 88.2. The molecular weight excluding hydrogens is 1940 g/mol.